The summed E-state index contributed by atoms with van der Waals surface area (Å²) in [5.41, 5.74) is 0.987. The van der Waals surface area contributed by atoms with Crippen molar-refractivity contribution in [2.24, 2.45) is 0 Å². The molecule has 1 aromatic heterocycles. The molecular formula is C20H33N3O3S2. The van der Waals surface area contributed by atoms with E-state index in [0.29, 0.717) is 39.2 Å². The van der Waals surface area contributed by atoms with Crippen molar-refractivity contribution in [3.8, 4) is 0 Å². The van der Waals surface area contributed by atoms with Crippen LogP contribution >= 0.6 is 23.6 Å². The minimum absolute atomic E-state index is 0.0856. The second kappa shape index (κ2) is 12.0. The summed E-state index contributed by atoms with van der Waals surface area (Å²) in [6.07, 6.45) is 4.53. The maximum Gasteiger partial charge on any atom is 0.341 e. The topological polar surface area (TPSA) is 70.7 Å². The molecule has 1 atom stereocenters. The average molecular weight is 428 g/mol. The number of thiocarbonyl (C=S) groups is 1. The van der Waals surface area contributed by atoms with Gasteiger partial charge in [-0.1, -0.05) is 26.2 Å². The molecule has 0 saturated carbocycles. The average Bonchev–Trinajstić information content (AvgIpc) is 2.97. The van der Waals surface area contributed by atoms with E-state index in [4.69, 9.17) is 17.0 Å². The van der Waals surface area contributed by atoms with E-state index in [2.05, 4.69) is 24.5 Å². The fourth-order valence-electron chi connectivity index (χ4n) is 2.94. The van der Waals surface area contributed by atoms with E-state index in [1.54, 1.807) is 11.8 Å². The molecule has 0 saturated heterocycles. The van der Waals surface area contributed by atoms with Gasteiger partial charge >= 0.3 is 5.97 Å². The second-order valence-corrected chi connectivity index (χ2v) is 8.15. The molecule has 0 fully saturated rings. The highest BCUT2D eigenvalue weighted by Crippen LogP contribution is 2.34. The van der Waals surface area contributed by atoms with Crippen molar-refractivity contribution in [1.82, 2.24) is 10.2 Å². The van der Waals surface area contributed by atoms with Gasteiger partial charge in [0.1, 0.15) is 5.00 Å². The molecule has 0 spiro atoms. The zero-order chi connectivity index (χ0) is 21.3. The van der Waals surface area contributed by atoms with Crippen LogP contribution < -0.4 is 10.6 Å². The Morgan fingerprint density at radius 3 is 2.39 bits per heavy atom. The Kier molecular flexibility index (Phi) is 10.5. The second-order valence-electron chi connectivity index (χ2n) is 6.72. The van der Waals surface area contributed by atoms with Crippen LogP contribution in [0.5, 0.6) is 0 Å². The van der Waals surface area contributed by atoms with Gasteiger partial charge in [0.2, 0.25) is 0 Å². The monoisotopic (exact) mass is 427 g/mol. The molecule has 1 rings (SSSR count). The highest BCUT2D eigenvalue weighted by molar-refractivity contribution is 7.80. The van der Waals surface area contributed by atoms with Crippen molar-refractivity contribution in [2.75, 3.05) is 25.5 Å². The van der Waals surface area contributed by atoms with Crippen LogP contribution in [-0.2, 0) is 4.74 Å². The number of nitrogens with one attached hydrogen (secondary N) is 2. The third-order valence-electron chi connectivity index (χ3n) is 4.63. The number of amides is 1. The van der Waals surface area contributed by atoms with Crippen LogP contribution in [0.25, 0.3) is 0 Å². The van der Waals surface area contributed by atoms with Gasteiger partial charge in [0, 0.05) is 19.1 Å². The van der Waals surface area contributed by atoms with E-state index in [1.807, 2.05) is 13.8 Å². The van der Waals surface area contributed by atoms with E-state index in [1.165, 1.54) is 31.3 Å². The summed E-state index contributed by atoms with van der Waals surface area (Å²) < 4.78 is 4.93. The van der Waals surface area contributed by atoms with E-state index in [-0.39, 0.29) is 11.9 Å². The van der Waals surface area contributed by atoms with Crippen molar-refractivity contribution in [3.63, 3.8) is 0 Å². The Bertz CT molecular complexity index is 684. The van der Waals surface area contributed by atoms with Gasteiger partial charge in [-0.25, -0.2) is 4.79 Å². The van der Waals surface area contributed by atoms with Crippen molar-refractivity contribution in [2.45, 2.75) is 66.3 Å². The van der Waals surface area contributed by atoms with E-state index in [9.17, 15) is 9.59 Å². The lowest BCUT2D eigenvalue weighted by Crippen LogP contribution is -2.36. The minimum atomic E-state index is -0.478. The first-order valence-corrected chi connectivity index (χ1v) is 11.1. The van der Waals surface area contributed by atoms with Crippen LogP contribution in [0, 0.1) is 6.92 Å². The molecule has 0 aliphatic rings. The number of carbonyl (C=O) groups excluding carboxylic acids is 2. The number of nitrogens with zero attached hydrogens (tertiary/aromatic N) is 1. The van der Waals surface area contributed by atoms with Gasteiger partial charge in [-0.15, -0.1) is 11.3 Å². The van der Waals surface area contributed by atoms with Gasteiger partial charge in [-0.2, -0.15) is 0 Å². The first kappa shape index (κ1) is 24.4. The number of hydrogen-bond acceptors (Lipinski definition) is 5. The molecule has 28 heavy (non-hydrogen) atoms. The molecule has 158 valence electrons. The maximum absolute atomic E-state index is 12.8. The number of unbranched alkanes of at least 4 members (excludes halogenated alkanes) is 2. The van der Waals surface area contributed by atoms with Crippen molar-refractivity contribution >= 4 is 45.5 Å². The fraction of sp³-hybridized carbons (Fsp3) is 0.650. The first-order valence-electron chi connectivity index (χ1n) is 9.88. The standard InChI is InChI=1S/C20H33N3O3S2/c1-7-10-11-12-13(4)21-20(27)22-17-15(19(25)26-6)14(5)16(28-17)18(24)23(8-2)9-3/h13H,7-12H2,1-6H3,(H2,21,22,27). The Balaban J connectivity index is 3.04. The molecule has 0 bridgehead atoms. The molecule has 0 aliphatic heterocycles. The van der Waals surface area contributed by atoms with Crippen molar-refractivity contribution in [1.29, 1.82) is 0 Å². The van der Waals surface area contributed by atoms with Crippen molar-refractivity contribution in [3.05, 3.63) is 16.0 Å². The van der Waals surface area contributed by atoms with E-state index in [0.717, 1.165) is 12.8 Å². The van der Waals surface area contributed by atoms with Crippen LogP contribution in [0.4, 0.5) is 5.00 Å². The molecule has 1 aromatic rings. The number of rotatable bonds is 10. The molecule has 8 heteroatoms. The zero-order valence-electron chi connectivity index (χ0n) is 17.8. The summed E-state index contributed by atoms with van der Waals surface area (Å²) in [5.74, 6) is -0.564. The number of anilines is 1. The lowest BCUT2D eigenvalue weighted by Gasteiger charge is -2.18. The molecule has 1 unspecified atom stereocenters. The predicted octanol–water partition coefficient (Wildman–Crippen LogP) is 4.58. The SMILES string of the molecule is CCCCCC(C)NC(=S)Nc1sc(C(=O)N(CC)CC)c(C)c1C(=O)OC. The predicted molar refractivity (Wildman–Crippen MR) is 121 cm³/mol. The van der Waals surface area contributed by atoms with E-state index < -0.39 is 5.97 Å². The Morgan fingerprint density at radius 2 is 1.86 bits per heavy atom. The van der Waals surface area contributed by atoms with Gasteiger partial charge in [0.05, 0.1) is 17.6 Å². The minimum Gasteiger partial charge on any atom is -0.465 e. The van der Waals surface area contributed by atoms with Gasteiger partial charge in [-0.3, -0.25) is 4.79 Å². The molecule has 1 amide bonds. The van der Waals surface area contributed by atoms with Gasteiger partial charge in [-0.05, 0) is 51.9 Å². The van der Waals surface area contributed by atoms with Crippen LogP contribution in [0.3, 0.4) is 0 Å². The number of carbonyl (C=O) groups is 2. The summed E-state index contributed by atoms with van der Waals surface area (Å²) >= 11 is 6.67. The first-order chi connectivity index (χ1) is 13.3. The van der Waals surface area contributed by atoms with Gasteiger partial charge in [0.15, 0.2) is 5.11 Å². The Morgan fingerprint density at radius 1 is 1.21 bits per heavy atom. The Hall–Kier alpha value is -1.67. The molecule has 1 heterocycles. The molecule has 0 aliphatic carbocycles. The summed E-state index contributed by atoms with van der Waals surface area (Å²) in [6.45, 7) is 11.1. The number of thiophene rings is 1. The molecule has 6 nitrogen and oxygen atoms in total. The third-order valence-corrected chi connectivity index (χ3v) is 6.04. The van der Waals surface area contributed by atoms with Crippen molar-refractivity contribution < 1.29 is 14.3 Å². The van der Waals surface area contributed by atoms with Crippen LogP contribution in [-0.4, -0.2) is 48.1 Å². The fourth-order valence-corrected chi connectivity index (χ4v) is 4.48. The van der Waals surface area contributed by atoms with Gasteiger partial charge in [0.25, 0.3) is 5.91 Å². The molecular weight excluding hydrogens is 394 g/mol. The summed E-state index contributed by atoms with van der Waals surface area (Å²) in [6, 6.07) is 0.228. The summed E-state index contributed by atoms with van der Waals surface area (Å²) in [7, 11) is 1.33. The molecule has 0 radical (unpaired) electrons. The van der Waals surface area contributed by atoms with E-state index >= 15 is 0 Å². The highest BCUT2D eigenvalue weighted by Gasteiger charge is 2.27. The summed E-state index contributed by atoms with van der Waals surface area (Å²) in [4.78, 5) is 27.4. The number of hydrogen-bond donors (Lipinski definition) is 2. The van der Waals surface area contributed by atoms with Gasteiger partial charge < -0.3 is 20.3 Å². The number of methoxy groups -OCH3 is 1. The number of esters is 1. The lowest BCUT2D eigenvalue weighted by atomic mass is 10.1. The summed E-state index contributed by atoms with van der Waals surface area (Å²) in [5, 5.41) is 7.34. The number of ether oxygens (including phenoxy) is 1. The largest absolute Gasteiger partial charge is 0.465 e. The smallest absolute Gasteiger partial charge is 0.341 e. The molecule has 0 aromatic carbocycles. The highest BCUT2D eigenvalue weighted by atomic mass is 32.1. The van der Waals surface area contributed by atoms with Crippen LogP contribution in [0.15, 0.2) is 0 Å². The maximum atomic E-state index is 12.8. The zero-order valence-corrected chi connectivity index (χ0v) is 19.4. The normalized spacial score (nSPS) is 11.6. The Labute approximate surface area is 178 Å². The quantitative estimate of drug-likeness (QED) is 0.324. The van der Waals surface area contributed by atoms with Crippen LogP contribution in [0.2, 0.25) is 0 Å². The third kappa shape index (κ3) is 6.44. The van der Waals surface area contributed by atoms with Crippen LogP contribution in [0.1, 0.15) is 79.0 Å². The lowest BCUT2D eigenvalue weighted by molar-refractivity contribution is 0.0601. The molecule has 2 N–H and O–H groups in total.